The van der Waals surface area contributed by atoms with Gasteiger partial charge in [-0.1, -0.05) is 36.4 Å². The first-order valence-corrected chi connectivity index (χ1v) is 7.95. The van der Waals surface area contributed by atoms with Gasteiger partial charge in [-0.05, 0) is 29.3 Å². The Balaban J connectivity index is 1.53. The van der Waals surface area contributed by atoms with Crippen LogP contribution in [-0.4, -0.2) is 30.6 Å². The number of aliphatic imine (C=N–C) groups is 1. The highest BCUT2D eigenvalue weighted by Crippen LogP contribution is 2.33. The standard InChI is InChI=1S/C19H17N3O3/c1-22(11-13-5-3-2-4-6-13)19-20-15(18(23)21-19)9-14-7-8-16-17(10-14)25-12-24-16/h2-10H,11-12H2,1H3,(H,20,21,23)/b15-9-. The number of carbonyl (C=O) groups excluding carboxylic acids is 1. The van der Waals surface area contributed by atoms with Gasteiger partial charge in [0, 0.05) is 13.6 Å². The first-order valence-electron chi connectivity index (χ1n) is 7.95. The summed E-state index contributed by atoms with van der Waals surface area (Å²) >= 11 is 0. The molecule has 2 heterocycles. The number of ether oxygens (including phenoxy) is 2. The molecule has 2 aromatic carbocycles. The number of guanidine groups is 1. The van der Waals surface area contributed by atoms with E-state index in [0.717, 1.165) is 11.1 Å². The van der Waals surface area contributed by atoms with E-state index in [1.807, 2.05) is 60.5 Å². The van der Waals surface area contributed by atoms with Gasteiger partial charge in [-0.3, -0.25) is 10.1 Å². The van der Waals surface area contributed by atoms with Crippen LogP contribution in [0.5, 0.6) is 11.5 Å². The molecule has 0 fully saturated rings. The van der Waals surface area contributed by atoms with Crippen LogP contribution in [0.25, 0.3) is 6.08 Å². The first-order chi connectivity index (χ1) is 12.2. The van der Waals surface area contributed by atoms with Crippen LogP contribution in [0.4, 0.5) is 0 Å². The fourth-order valence-electron chi connectivity index (χ4n) is 2.73. The molecule has 0 radical (unpaired) electrons. The van der Waals surface area contributed by atoms with E-state index in [4.69, 9.17) is 9.47 Å². The molecule has 1 amide bonds. The lowest BCUT2D eigenvalue weighted by Gasteiger charge is -2.17. The van der Waals surface area contributed by atoms with Crippen LogP contribution < -0.4 is 14.8 Å². The maximum atomic E-state index is 12.2. The summed E-state index contributed by atoms with van der Waals surface area (Å²) in [5.74, 6) is 1.72. The smallest absolute Gasteiger partial charge is 0.276 e. The van der Waals surface area contributed by atoms with Gasteiger partial charge in [0.25, 0.3) is 5.91 Å². The van der Waals surface area contributed by atoms with Crippen LogP contribution in [0.1, 0.15) is 11.1 Å². The molecule has 6 nitrogen and oxygen atoms in total. The van der Waals surface area contributed by atoms with Crippen LogP contribution in [0.2, 0.25) is 0 Å². The van der Waals surface area contributed by atoms with E-state index in [1.54, 1.807) is 6.08 Å². The minimum absolute atomic E-state index is 0.215. The number of carbonyl (C=O) groups is 1. The summed E-state index contributed by atoms with van der Waals surface area (Å²) in [6.07, 6.45) is 1.74. The van der Waals surface area contributed by atoms with E-state index >= 15 is 0 Å². The third-order valence-corrected chi connectivity index (χ3v) is 4.01. The summed E-state index contributed by atoms with van der Waals surface area (Å²) in [4.78, 5) is 18.5. The van der Waals surface area contributed by atoms with E-state index < -0.39 is 0 Å². The Hall–Kier alpha value is -3.28. The largest absolute Gasteiger partial charge is 0.454 e. The maximum Gasteiger partial charge on any atom is 0.276 e. The molecule has 2 aliphatic rings. The minimum Gasteiger partial charge on any atom is -0.454 e. The van der Waals surface area contributed by atoms with Gasteiger partial charge in [0.1, 0.15) is 5.70 Å². The summed E-state index contributed by atoms with van der Waals surface area (Å²) in [6.45, 7) is 0.889. The van der Waals surface area contributed by atoms with Gasteiger partial charge < -0.3 is 14.4 Å². The second-order valence-corrected chi connectivity index (χ2v) is 5.87. The lowest BCUT2D eigenvalue weighted by molar-refractivity contribution is -0.115. The highest BCUT2D eigenvalue weighted by atomic mass is 16.7. The summed E-state index contributed by atoms with van der Waals surface area (Å²) in [6, 6.07) is 15.6. The summed E-state index contributed by atoms with van der Waals surface area (Å²) in [5.41, 5.74) is 2.36. The van der Waals surface area contributed by atoms with Crippen molar-refractivity contribution in [2.45, 2.75) is 6.54 Å². The summed E-state index contributed by atoms with van der Waals surface area (Å²) in [5, 5.41) is 2.81. The minimum atomic E-state index is -0.215. The molecule has 6 heteroatoms. The van der Waals surface area contributed by atoms with Crippen LogP contribution in [0, 0.1) is 0 Å². The van der Waals surface area contributed by atoms with Crippen LogP contribution in [-0.2, 0) is 11.3 Å². The first kappa shape index (κ1) is 15.3. The molecule has 1 N–H and O–H groups in total. The Bertz CT molecular complexity index is 875. The van der Waals surface area contributed by atoms with Crippen molar-refractivity contribution < 1.29 is 14.3 Å². The van der Waals surface area contributed by atoms with Gasteiger partial charge in [-0.15, -0.1) is 0 Å². The lowest BCUT2D eigenvalue weighted by Crippen LogP contribution is -2.37. The molecule has 2 aromatic rings. The number of nitrogens with zero attached hydrogens (tertiary/aromatic N) is 2. The van der Waals surface area contributed by atoms with E-state index in [1.165, 1.54) is 0 Å². The van der Waals surface area contributed by atoms with Gasteiger partial charge in [0.2, 0.25) is 12.8 Å². The summed E-state index contributed by atoms with van der Waals surface area (Å²) < 4.78 is 10.7. The van der Waals surface area contributed by atoms with E-state index in [0.29, 0.717) is 29.7 Å². The predicted molar refractivity (Wildman–Crippen MR) is 94.0 cm³/mol. The Morgan fingerprint density at radius 3 is 2.80 bits per heavy atom. The van der Waals surface area contributed by atoms with Crippen molar-refractivity contribution in [3.8, 4) is 11.5 Å². The van der Waals surface area contributed by atoms with Gasteiger partial charge in [0.15, 0.2) is 11.5 Å². The number of amides is 1. The van der Waals surface area contributed by atoms with E-state index in [9.17, 15) is 4.79 Å². The average Bonchev–Trinajstić information content (AvgIpc) is 3.22. The molecular formula is C19H17N3O3. The zero-order chi connectivity index (χ0) is 17.2. The molecule has 126 valence electrons. The van der Waals surface area contributed by atoms with Crippen molar-refractivity contribution in [2.75, 3.05) is 13.8 Å². The molecule has 0 aromatic heterocycles. The van der Waals surface area contributed by atoms with Crippen molar-refractivity contribution >= 4 is 17.9 Å². The number of benzene rings is 2. The zero-order valence-electron chi connectivity index (χ0n) is 13.7. The predicted octanol–water partition coefficient (Wildman–Crippen LogP) is 2.37. The Labute approximate surface area is 145 Å². The molecule has 0 unspecified atom stereocenters. The van der Waals surface area contributed by atoms with Crippen molar-refractivity contribution in [3.63, 3.8) is 0 Å². The third-order valence-electron chi connectivity index (χ3n) is 4.01. The number of hydrogen-bond donors (Lipinski definition) is 1. The third kappa shape index (κ3) is 3.19. The van der Waals surface area contributed by atoms with E-state index in [2.05, 4.69) is 10.3 Å². The molecule has 0 aliphatic carbocycles. The molecule has 0 spiro atoms. The summed E-state index contributed by atoms with van der Waals surface area (Å²) in [7, 11) is 1.90. The topological polar surface area (TPSA) is 63.2 Å². The quantitative estimate of drug-likeness (QED) is 0.875. The monoisotopic (exact) mass is 335 g/mol. The van der Waals surface area contributed by atoms with Gasteiger partial charge in [-0.25, -0.2) is 4.99 Å². The molecule has 0 atom stereocenters. The number of fused-ring (bicyclic) bond motifs is 1. The van der Waals surface area contributed by atoms with Crippen LogP contribution in [0.3, 0.4) is 0 Å². The SMILES string of the molecule is CN(Cc1ccccc1)C1=N/C(=C\c2ccc3c(c2)OCO3)C(=O)N1. The molecule has 4 rings (SSSR count). The van der Waals surface area contributed by atoms with Crippen molar-refractivity contribution in [2.24, 2.45) is 4.99 Å². The normalized spacial score (nSPS) is 16.8. The molecule has 0 saturated carbocycles. The molecule has 2 aliphatic heterocycles. The Morgan fingerprint density at radius 2 is 1.96 bits per heavy atom. The fourth-order valence-corrected chi connectivity index (χ4v) is 2.73. The van der Waals surface area contributed by atoms with Crippen LogP contribution >= 0.6 is 0 Å². The number of rotatable bonds is 3. The van der Waals surface area contributed by atoms with Gasteiger partial charge in [0.05, 0.1) is 0 Å². The lowest BCUT2D eigenvalue weighted by atomic mass is 10.1. The molecule has 0 saturated heterocycles. The van der Waals surface area contributed by atoms with Gasteiger partial charge >= 0.3 is 0 Å². The highest BCUT2D eigenvalue weighted by Gasteiger charge is 2.23. The molecule has 25 heavy (non-hydrogen) atoms. The maximum absolute atomic E-state index is 12.2. The van der Waals surface area contributed by atoms with Crippen LogP contribution in [0.15, 0.2) is 59.2 Å². The second kappa shape index (κ2) is 6.32. The van der Waals surface area contributed by atoms with Crippen molar-refractivity contribution in [1.82, 2.24) is 10.2 Å². The Morgan fingerprint density at radius 1 is 1.16 bits per heavy atom. The average molecular weight is 335 g/mol. The second-order valence-electron chi connectivity index (χ2n) is 5.87. The van der Waals surface area contributed by atoms with Crippen molar-refractivity contribution in [1.29, 1.82) is 0 Å². The molecule has 0 bridgehead atoms. The molecular weight excluding hydrogens is 318 g/mol. The number of nitrogens with one attached hydrogen (secondary N) is 1. The zero-order valence-corrected chi connectivity index (χ0v) is 13.7. The fraction of sp³-hybridized carbons (Fsp3) is 0.158. The number of hydrogen-bond acceptors (Lipinski definition) is 5. The van der Waals surface area contributed by atoms with E-state index in [-0.39, 0.29) is 12.7 Å². The van der Waals surface area contributed by atoms with Gasteiger partial charge in [-0.2, -0.15) is 0 Å². The Kier molecular flexibility index (Phi) is 3.85. The van der Waals surface area contributed by atoms with Crippen molar-refractivity contribution in [3.05, 3.63) is 65.4 Å². The highest BCUT2D eigenvalue weighted by molar-refractivity contribution is 6.13.